The van der Waals surface area contributed by atoms with E-state index < -0.39 is 0 Å². The van der Waals surface area contributed by atoms with Crippen LogP contribution >= 0.6 is 0 Å². The van der Waals surface area contributed by atoms with Gasteiger partial charge in [0, 0.05) is 12.4 Å². The van der Waals surface area contributed by atoms with Gasteiger partial charge < -0.3 is 5.32 Å². The summed E-state index contributed by atoms with van der Waals surface area (Å²) in [7, 11) is 0. The predicted molar refractivity (Wildman–Crippen MR) is 76.8 cm³/mol. The van der Waals surface area contributed by atoms with E-state index in [1.807, 2.05) is 19.2 Å². The fourth-order valence-corrected chi connectivity index (χ4v) is 2.37. The van der Waals surface area contributed by atoms with Crippen molar-refractivity contribution in [3.8, 4) is 0 Å². The number of carbonyl (C=O) groups excluding carboxylic acids is 1. The van der Waals surface area contributed by atoms with Crippen LogP contribution in [0.1, 0.15) is 38.2 Å². The third-order valence-electron chi connectivity index (χ3n) is 3.58. The molecule has 4 heteroatoms. The lowest BCUT2D eigenvalue weighted by Crippen LogP contribution is -2.25. The lowest BCUT2D eigenvalue weighted by Gasteiger charge is -2.10. The van der Waals surface area contributed by atoms with Gasteiger partial charge in [0.15, 0.2) is 0 Å². The number of anilines is 1. The molecule has 1 aromatic rings. The zero-order valence-corrected chi connectivity index (χ0v) is 11.6. The van der Waals surface area contributed by atoms with Crippen LogP contribution in [0.25, 0.3) is 0 Å². The number of amides is 2. The van der Waals surface area contributed by atoms with E-state index in [1.54, 1.807) is 12.3 Å². The largest absolute Gasteiger partial charge is 0.324 e. The first kappa shape index (κ1) is 13.6. The minimum atomic E-state index is -0.242. The van der Waals surface area contributed by atoms with E-state index in [1.165, 1.54) is 31.3 Å². The minimum Gasteiger partial charge on any atom is -0.314 e. The summed E-state index contributed by atoms with van der Waals surface area (Å²) >= 11 is 0. The normalized spacial score (nSPS) is 16.4. The van der Waals surface area contributed by atoms with E-state index in [0.29, 0.717) is 11.7 Å². The highest BCUT2D eigenvalue weighted by Crippen LogP contribution is 2.30. The summed E-state index contributed by atoms with van der Waals surface area (Å²) in [5.41, 5.74) is 2.33. The molecule has 102 valence electrons. The molecule has 1 aromatic heterocycles. The Bertz CT molecular complexity index is 459. The maximum atomic E-state index is 11.7. The van der Waals surface area contributed by atoms with Gasteiger partial charge in [0.2, 0.25) is 0 Å². The zero-order chi connectivity index (χ0) is 13.7. The van der Waals surface area contributed by atoms with Crippen LogP contribution < -0.4 is 10.6 Å². The van der Waals surface area contributed by atoms with Gasteiger partial charge in [-0.3, -0.25) is 5.32 Å². The van der Waals surface area contributed by atoms with Gasteiger partial charge in [-0.2, -0.15) is 0 Å². The molecular formula is C15H21N3O. The summed E-state index contributed by atoms with van der Waals surface area (Å²) in [6.07, 6.45) is 8.63. The Morgan fingerprint density at radius 3 is 2.74 bits per heavy atom. The predicted octanol–water partition coefficient (Wildman–Crippen LogP) is 3.61. The van der Waals surface area contributed by atoms with E-state index in [0.717, 1.165) is 5.56 Å². The van der Waals surface area contributed by atoms with Gasteiger partial charge in [-0.05, 0) is 44.2 Å². The first-order chi connectivity index (χ1) is 9.15. The topological polar surface area (TPSA) is 54.0 Å². The number of nitrogens with zero attached hydrogens (tertiary/aromatic N) is 1. The smallest absolute Gasteiger partial charge is 0.314 e. The van der Waals surface area contributed by atoms with Gasteiger partial charge in [-0.25, -0.2) is 9.78 Å². The fourth-order valence-electron chi connectivity index (χ4n) is 2.37. The van der Waals surface area contributed by atoms with Crippen LogP contribution in [0.2, 0.25) is 0 Å². The molecular weight excluding hydrogens is 238 g/mol. The van der Waals surface area contributed by atoms with E-state index in [4.69, 9.17) is 0 Å². The maximum Gasteiger partial charge on any atom is 0.324 e. The Balaban J connectivity index is 1.83. The van der Waals surface area contributed by atoms with Crippen LogP contribution in [0.5, 0.6) is 0 Å². The van der Waals surface area contributed by atoms with Crippen molar-refractivity contribution in [2.24, 2.45) is 5.92 Å². The first-order valence-electron chi connectivity index (χ1n) is 6.82. The molecule has 0 unspecified atom stereocenters. The Hall–Kier alpha value is -1.84. The summed E-state index contributed by atoms with van der Waals surface area (Å²) in [5.74, 6) is 1.20. The number of rotatable bonds is 3. The number of carbonyl (C=O) groups is 1. The van der Waals surface area contributed by atoms with Crippen molar-refractivity contribution < 1.29 is 4.79 Å². The number of hydrogen-bond acceptors (Lipinski definition) is 2. The van der Waals surface area contributed by atoms with Gasteiger partial charge in [-0.15, -0.1) is 0 Å². The molecule has 0 saturated heterocycles. The van der Waals surface area contributed by atoms with Crippen LogP contribution in [0.15, 0.2) is 30.1 Å². The molecule has 0 atom stereocenters. The van der Waals surface area contributed by atoms with Crippen LogP contribution in [0.4, 0.5) is 10.6 Å². The van der Waals surface area contributed by atoms with E-state index in [-0.39, 0.29) is 6.03 Å². The summed E-state index contributed by atoms with van der Waals surface area (Å²) in [6, 6.07) is 3.47. The summed E-state index contributed by atoms with van der Waals surface area (Å²) < 4.78 is 0. The monoisotopic (exact) mass is 259 g/mol. The van der Waals surface area contributed by atoms with Crippen LogP contribution in [-0.2, 0) is 0 Å². The molecule has 1 fully saturated rings. The van der Waals surface area contributed by atoms with Crippen molar-refractivity contribution in [1.29, 1.82) is 0 Å². The molecule has 0 aliphatic heterocycles. The highest BCUT2D eigenvalue weighted by Gasteiger charge is 2.16. The van der Waals surface area contributed by atoms with Crippen molar-refractivity contribution >= 4 is 11.8 Å². The number of urea groups is 1. The van der Waals surface area contributed by atoms with Crippen LogP contribution in [0.3, 0.4) is 0 Å². The molecule has 1 aliphatic rings. The SMILES string of the molecule is C/C(=C\NC(=O)Nc1ccc(C)cn1)C1CCCC1. The summed E-state index contributed by atoms with van der Waals surface area (Å²) in [5, 5.41) is 5.48. The Labute approximate surface area is 114 Å². The Kier molecular flexibility index (Phi) is 4.55. The maximum absolute atomic E-state index is 11.7. The number of nitrogens with one attached hydrogen (secondary N) is 2. The molecule has 2 amide bonds. The van der Waals surface area contributed by atoms with Crippen molar-refractivity contribution in [3.63, 3.8) is 0 Å². The Morgan fingerprint density at radius 1 is 1.37 bits per heavy atom. The molecule has 19 heavy (non-hydrogen) atoms. The fraction of sp³-hybridized carbons (Fsp3) is 0.467. The third-order valence-corrected chi connectivity index (χ3v) is 3.58. The van der Waals surface area contributed by atoms with Gasteiger partial charge in [0.05, 0.1) is 0 Å². The van der Waals surface area contributed by atoms with Gasteiger partial charge in [0.1, 0.15) is 5.82 Å². The number of pyridine rings is 1. The second-order valence-electron chi connectivity index (χ2n) is 5.19. The first-order valence-corrected chi connectivity index (χ1v) is 6.82. The molecule has 2 N–H and O–H groups in total. The van der Waals surface area contributed by atoms with Crippen molar-refractivity contribution in [2.75, 3.05) is 5.32 Å². The molecule has 1 saturated carbocycles. The number of aromatic nitrogens is 1. The van der Waals surface area contributed by atoms with E-state index in [2.05, 4.69) is 22.5 Å². The molecule has 2 rings (SSSR count). The number of allylic oxidation sites excluding steroid dienone is 1. The molecule has 0 bridgehead atoms. The number of aryl methyl sites for hydroxylation is 1. The average molecular weight is 259 g/mol. The minimum absolute atomic E-state index is 0.242. The van der Waals surface area contributed by atoms with Crippen molar-refractivity contribution in [3.05, 3.63) is 35.7 Å². The highest BCUT2D eigenvalue weighted by molar-refractivity contribution is 5.88. The lowest BCUT2D eigenvalue weighted by atomic mass is 10.0. The molecule has 0 radical (unpaired) electrons. The van der Waals surface area contributed by atoms with Crippen LogP contribution in [0, 0.1) is 12.8 Å². The third kappa shape index (κ3) is 4.09. The van der Waals surface area contributed by atoms with Crippen LogP contribution in [-0.4, -0.2) is 11.0 Å². The summed E-state index contributed by atoms with van der Waals surface area (Å²) in [4.78, 5) is 15.8. The van der Waals surface area contributed by atoms with Crippen molar-refractivity contribution in [2.45, 2.75) is 39.5 Å². The molecule has 0 aromatic carbocycles. The van der Waals surface area contributed by atoms with E-state index >= 15 is 0 Å². The lowest BCUT2D eigenvalue weighted by molar-refractivity contribution is 0.255. The second kappa shape index (κ2) is 6.36. The molecule has 0 spiro atoms. The zero-order valence-electron chi connectivity index (χ0n) is 11.6. The highest BCUT2D eigenvalue weighted by atomic mass is 16.2. The summed E-state index contributed by atoms with van der Waals surface area (Å²) in [6.45, 7) is 4.05. The number of hydrogen-bond donors (Lipinski definition) is 2. The molecule has 4 nitrogen and oxygen atoms in total. The molecule has 1 aliphatic carbocycles. The molecule has 1 heterocycles. The van der Waals surface area contributed by atoms with Gasteiger partial charge >= 0.3 is 6.03 Å². The van der Waals surface area contributed by atoms with Gasteiger partial charge in [0.25, 0.3) is 0 Å². The second-order valence-corrected chi connectivity index (χ2v) is 5.19. The quantitative estimate of drug-likeness (QED) is 0.871. The standard InChI is InChI=1S/C15H21N3O/c1-11-7-8-14(16-9-11)18-15(19)17-10-12(2)13-5-3-4-6-13/h7-10,13H,3-6H2,1-2H3,(H2,16,17,18,19)/b12-10+. The van der Waals surface area contributed by atoms with Gasteiger partial charge in [-0.1, -0.05) is 24.5 Å². The van der Waals surface area contributed by atoms with E-state index in [9.17, 15) is 4.79 Å². The van der Waals surface area contributed by atoms with Crippen molar-refractivity contribution in [1.82, 2.24) is 10.3 Å². The Morgan fingerprint density at radius 2 is 2.11 bits per heavy atom. The average Bonchev–Trinajstić information content (AvgIpc) is 2.93.